The molecule has 0 heterocycles. The third-order valence-corrected chi connectivity index (χ3v) is 1.71. The molecule has 0 radical (unpaired) electrons. The highest BCUT2D eigenvalue weighted by molar-refractivity contribution is 5.82. The van der Waals surface area contributed by atoms with Gasteiger partial charge in [0, 0.05) is 17.7 Å². The van der Waals surface area contributed by atoms with Crippen molar-refractivity contribution in [3.05, 3.63) is 34.9 Å². The molecule has 4 nitrogen and oxygen atoms in total. The largest absolute Gasteiger partial charge is 0.396 e. The second kappa shape index (κ2) is 7.84. The van der Waals surface area contributed by atoms with Crippen LogP contribution in [0.25, 0.3) is 0 Å². The lowest BCUT2D eigenvalue weighted by atomic mass is 10.1. The van der Waals surface area contributed by atoms with Crippen molar-refractivity contribution in [3.63, 3.8) is 0 Å². The van der Waals surface area contributed by atoms with E-state index >= 15 is 0 Å². The van der Waals surface area contributed by atoms with Crippen LogP contribution >= 0.6 is 0 Å². The Balaban J connectivity index is 0.000000921. The van der Waals surface area contributed by atoms with E-state index in [9.17, 15) is 9.59 Å². The van der Waals surface area contributed by atoms with Crippen molar-refractivity contribution in [2.45, 2.75) is 6.42 Å². The Bertz CT molecular complexity index is 297. The van der Waals surface area contributed by atoms with E-state index in [4.69, 9.17) is 5.11 Å². The summed E-state index contributed by atoms with van der Waals surface area (Å²) in [5.74, 6) is 0. The van der Waals surface area contributed by atoms with Gasteiger partial charge in [0.2, 0.25) is 0 Å². The fraction of sp³-hybridized carbons (Fsp3) is 0.273. The summed E-state index contributed by atoms with van der Waals surface area (Å²) in [6, 6.07) is 4.84. The lowest BCUT2D eigenvalue weighted by Crippen LogP contribution is -1.95. The highest BCUT2D eigenvalue weighted by atomic mass is 16.3. The Hall–Kier alpha value is -1.52. The fourth-order valence-corrected chi connectivity index (χ4v) is 1.16. The normalized spacial score (nSPS) is 8.73. The van der Waals surface area contributed by atoms with Gasteiger partial charge >= 0.3 is 0 Å². The van der Waals surface area contributed by atoms with E-state index in [1.165, 1.54) is 13.1 Å². The van der Waals surface area contributed by atoms with Gasteiger partial charge in [-0.05, 0) is 37.2 Å². The van der Waals surface area contributed by atoms with Gasteiger partial charge in [-0.1, -0.05) is 0 Å². The zero-order chi connectivity index (χ0) is 11.7. The number of carbonyl (C=O) groups excluding carboxylic acids is 2. The molecule has 0 fully saturated rings. The lowest BCUT2D eigenvalue weighted by molar-refractivity contribution is 0.112. The maximum Gasteiger partial charge on any atom is 0.150 e. The summed E-state index contributed by atoms with van der Waals surface area (Å²) in [6.07, 6.45) is 1.84. The van der Waals surface area contributed by atoms with Gasteiger partial charge in [-0.2, -0.15) is 0 Å². The number of benzene rings is 1. The molecular weight excluding hydrogens is 194 g/mol. The quantitative estimate of drug-likeness (QED) is 0.704. The molecule has 1 rings (SSSR count). The van der Waals surface area contributed by atoms with Crippen LogP contribution in [0.15, 0.2) is 18.2 Å². The van der Waals surface area contributed by atoms with Crippen molar-refractivity contribution >= 4 is 12.6 Å². The lowest BCUT2D eigenvalue weighted by Gasteiger charge is -2.00. The predicted octanol–water partition coefficient (Wildman–Crippen LogP) is 0.421. The third kappa shape index (κ3) is 4.49. The fourth-order valence-electron chi connectivity index (χ4n) is 1.16. The summed E-state index contributed by atoms with van der Waals surface area (Å²) >= 11 is 0. The number of aliphatic hydroxyl groups is 1. The summed E-state index contributed by atoms with van der Waals surface area (Å²) < 4.78 is 0. The summed E-state index contributed by atoms with van der Waals surface area (Å²) in [7, 11) is 1.50. The van der Waals surface area contributed by atoms with E-state index in [2.05, 4.69) is 5.73 Å². The first-order valence-corrected chi connectivity index (χ1v) is 4.53. The molecule has 82 valence electrons. The van der Waals surface area contributed by atoms with E-state index in [-0.39, 0.29) is 6.61 Å². The molecule has 0 aliphatic heterocycles. The molecule has 0 unspecified atom stereocenters. The van der Waals surface area contributed by atoms with Crippen LogP contribution < -0.4 is 5.73 Å². The average Bonchev–Trinajstić information content (AvgIpc) is 2.31. The van der Waals surface area contributed by atoms with Crippen molar-refractivity contribution < 1.29 is 14.7 Å². The zero-order valence-corrected chi connectivity index (χ0v) is 8.64. The van der Waals surface area contributed by atoms with Crippen molar-refractivity contribution in [1.82, 2.24) is 0 Å². The number of rotatable bonds is 4. The Labute approximate surface area is 88.7 Å². The first kappa shape index (κ1) is 13.5. The molecule has 1 aromatic rings. The minimum atomic E-state index is 0.0145. The van der Waals surface area contributed by atoms with Crippen LogP contribution in [-0.2, 0) is 6.42 Å². The molecule has 0 aliphatic carbocycles. The van der Waals surface area contributed by atoms with Crippen LogP contribution in [0.4, 0.5) is 0 Å². The van der Waals surface area contributed by atoms with Gasteiger partial charge in [-0.15, -0.1) is 0 Å². The van der Waals surface area contributed by atoms with Crippen LogP contribution in [0.3, 0.4) is 0 Å². The van der Waals surface area contributed by atoms with Gasteiger partial charge in [0.15, 0.2) is 0 Å². The monoisotopic (exact) mass is 209 g/mol. The number of nitrogens with two attached hydrogens (primary N) is 1. The van der Waals surface area contributed by atoms with E-state index in [0.717, 1.165) is 5.56 Å². The van der Waals surface area contributed by atoms with Crippen LogP contribution in [0.1, 0.15) is 26.3 Å². The van der Waals surface area contributed by atoms with Crippen molar-refractivity contribution in [1.29, 1.82) is 0 Å². The number of hydrogen-bond acceptors (Lipinski definition) is 4. The molecule has 1 aromatic carbocycles. The Morgan fingerprint density at radius 2 is 1.60 bits per heavy atom. The van der Waals surface area contributed by atoms with Crippen LogP contribution in [0.5, 0.6) is 0 Å². The highest BCUT2D eigenvalue weighted by Crippen LogP contribution is 2.07. The smallest absolute Gasteiger partial charge is 0.150 e. The molecule has 0 spiro atoms. The zero-order valence-electron chi connectivity index (χ0n) is 8.64. The molecule has 0 amide bonds. The Kier molecular flexibility index (Phi) is 7.05. The Morgan fingerprint density at radius 3 is 1.93 bits per heavy atom. The Morgan fingerprint density at radius 1 is 1.13 bits per heavy atom. The molecule has 0 aromatic heterocycles. The van der Waals surface area contributed by atoms with Gasteiger partial charge in [0.25, 0.3) is 0 Å². The summed E-state index contributed by atoms with van der Waals surface area (Å²) in [5.41, 5.74) is 6.23. The van der Waals surface area contributed by atoms with Gasteiger partial charge in [0.1, 0.15) is 12.6 Å². The molecular formula is C11H15NO3. The molecule has 3 N–H and O–H groups in total. The topological polar surface area (TPSA) is 80.4 Å². The second-order valence-electron chi connectivity index (χ2n) is 2.72. The predicted molar refractivity (Wildman–Crippen MR) is 58.1 cm³/mol. The number of aldehydes is 2. The maximum atomic E-state index is 10.5. The van der Waals surface area contributed by atoms with Gasteiger partial charge in [-0.3, -0.25) is 9.59 Å². The van der Waals surface area contributed by atoms with Crippen LogP contribution in [-0.4, -0.2) is 31.3 Å². The minimum Gasteiger partial charge on any atom is -0.396 e. The number of carbonyl (C=O) groups is 2. The molecule has 0 saturated heterocycles. The molecule has 4 heteroatoms. The van der Waals surface area contributed by atoms with E-state index in [0.29, 0.717) is 30.1 Å². The summed E-state index contributed by atoms with van der Waals surface area (Å²) in [5, 5.41) is 8.67. The van der Waals surface area contributed by atoms with Gasteiger partial charge in [0.05, 0.1) is 0 Å². The molecule has 0 saturated carbocycles. The highest BCUT2D eigenvalue weighted by Gasteiger charge is 1.99. The third-order valence-electron chi connectivity index (χ3n) is 1.71. The van der Waals surface area contributed by atoms with E-state index < -0.39 is 0 Å². The van der Waals surface area contributed by atoms with E-state index in [1.807, 2.05) is 0 Å². The number of aliphatic hydroxyl groups excluding tert-OH is 1. The second-order valence-corrected chi connectivity index (χ2v) is 2.72. The maximum absolute atomic E-state index is 10.5. The van der Waals surface area contributed by atoms with E-state index in [1.54, 1.807) is 12.1 Å². The standard InChI is InChI=1S/C10H10O3.CH5N/c11-2-1-8-3-9(6-12)5-10(4-8)7-13;1-2/h3-7,11H,1-2H2;2H2,1H3. The SMILES string of the molecule is CN.O=Cc1cc(C=O)cc(CCO)c1. The van der Waals surface area contributed by atoms with Crippen molar-refractivity contribution in [2.24, 2.45) is 5.73 Å². The van der Waals surface area contributed by atoms with Crippen molar-refractivity contribution in [3.8, 4) is 0 Å². The molecule has 0 bridgehead atoms. The molecule has 0 aliphatic rings. The molecule has 15 heavy (non-hydrogen) atoms. The van der Waals surface area contributed by atoms with Crippen LogP contribution in [0, 0.1) is 0 Å². The summed E-state index contributed by atoms with van der Waals surface area (Å²) in [4.78, 5) is 20.9. The van der Waals surface area contributed by atoms with Gasteiger partial charge < -0.3 is 10.8 Å². The minimum absolute atomic E-state index is 0.0145. The van der Waals surface area contributed by atoms with Gasteiger partial charge in [-0.25, -0.2) is 0 Å². The first-order chi connectivity index (χ1) is 7.30. The van der Waals surface area contributed by atoms with Crippen LogP contribution in [0.2, 0.25) is 0 Å². The average molecular weight is 209 g/mol. The molecule has 0 atom stereocenters. The number of hydrogen-bond donors (Lipinski definition) is 2. The summed E-state index contributed by atoms with van der Waals surface area (Å²) in [6.45, 7) is 0.0145. The van der Waals surface area contributed by atoms with Crippen molar-refractivity contribution in [2.75, 3.05) is 13.7 Å². The first-order valence-electron chi connectivity index (χ1n) is 4.53.